The first kappa shape index (κ1) is 13.9. The Labute approximate surface area is 121 Å². The lowest BCUT2D eigenvalue weighted by atomic mass is 9.73. The largest absolute Gasteiger partial charge is 0.495 e. The monoisotopic (exact) mass is 272 g/mol. The van der Waals surface area contributed by atoms with Gasteiger partial charge in [0.1, 0.15) is 0 Å². The van der Waals surface area contributed by atoms with E-state index in [1.807, 2.05) is 12.1 Å². The number of rotatable bonds is 1. The summed E-state index contributed by atoms with van der Waals surface area (Å²) in [6.45, 7) is 9.53. The molecule has 2 aliphatic rings. The topological polar surface area (TPSA) is 27.7 Å². The van der Waals surface area contributed by atoms with Crippen LogP contribution < -0.4 is 0 Å². The van der Waals surface area contributed by atoms with Crippen LogP contribution in [0.4, 0.5) is 0 Å². The second-order valence-electron chi connectivity index (χ2n) is 6.42. The lowest BCUT2D eigenvalue weighted by Gasteiger charge is -2.32. The summed E-state index contributed by atoms with van der Waals surface area (Å²) in [6.07, 6.45) is 2.08. The molecule has 0 atom stereocenters. The molecule has 1 fully saturated rings. The third kappa shape index (κ3) is 2.22. The van der Waals surface area contributed by atoms with Gasteiger partial charge in [-0.2, -0.15) is 0 Å². The van der Waals surface area contributed by atoms with Gasteiger partial charge in [-0.1, -0.05) is 30.3 Å². The van der Waals surface area contributed by atoms with Gasteiger partial charge >= 0.3 is 7.12 Å². The van der Waals surface area contributed by atoms with Gasteiger partial charge in [0.2, 0.25) is 0 Å². The van der Waals surface area contributed by atoms with E-state index in [1.165, 1.54) is 11.1 Å². The van der Waals surface area contributed by atoms with E-state index in [0.29, 0.717) is 13.2 Å². The number of benzene rings is 1. The first-order valence-electron chi connectivity index (χ1n) is 7.12. The van der Waals surface area contributed by atoms with E-state index in [-0.39, 0.29) is 18.3 Å². The molecule has 1 aromatic rings. The number of ether oxygens (including phenoxy) is 1. The number of hydrogen-bond acceptors (Lipinski definition) is 3. The van der Waals surface area contributed by atoms with Crippen molar-refractivity contribution >= 4 is 12.6 Å². The molecule has 0 unspecified atom stereocenters. The van der Waals surface area contributed by atoms with Crippen molar-refractivity contribution < 1.29 is 14.0 Å². The fourth-order valence-corrected chi connectivity index (χ4v) is 2.55. The summed E-state index contributed by atoms with van der Waals surface area (Å²) in [5.41, 5.74) is 2.80. The van der Waals surface area contributed by atoms with Crippen LogP contribution in [0.15, 0.2) is 30.3 Å². The Morgan fingerprint density at radius 1 is 1.00 bits per heavy atom. The van der Waals surface area contributed by atoms with Gasteiger partial charge in [-0.3, -0.25) is 0 Å². The Morgan fingerprint density at radius 3 is 2.35 bits per heavy atom. The highest BCUT2D eigenvalue weighted by Crippen LogP contribution is 2.41. The van der Waals surface area contributed by atoms with Crippen molar-refractivity contribution in [1.82, 2.24) is 0 Å². The Balaban J connectivity index is 1.98. The van der Waals surface area contributed by atoms with Crippen molar-refractivity contribution in [3.8, 4) is 0 Å². The molecule has 0 radical (unpaired) electrons. The molecule has 1 saturated heterocycles. The minimum Gasteiger partial charge on any atom is -0.399 e. The van der Waals surface area contributed by atoms with Crippen molar-refractivity contribution in [3.05, 3.63) is 41.5 Å². The van der Waals surface area contributed by atoms with Crippen molar-refractivity contribution in [3.63, 3.8) is 0 Å². The van der Waals surface area contributed by atoms with Gasteiger partial charge in [0.25, 0.3) is 0 Å². The molecular weight excluding hydrogens is 251 g/mol. The maximum Gasteiger partial charge on any atom is 0.495 e. The maximum atomic E-state index is 6.17. The van der Waals surface area contributed by atoms with E-state index in [1.54, 1.807) is 0 Å². The van der Waals surface area contributed by atoms with E-state index in [0.717, 1.165) is 5.47 Å². The summed E-state index contributed by atoms with van der Waals surface area (Å²) in [4.78, 5) is 0. The van der Waals surface area contributed by atoms with Gasteiger partial charge in [0.15, 0.2) is 0 Å². The van der Waals surface area contributed by atoms with Gasteiger partial charge in [-0.15, -0.1) is 0 Å². The molecule has 3 rings (SSSR count). The second kappa shape index (κ2) is 4.73. The van der Waals surface area contributed by atoms with E-state index >= 15 is 0 Å². The minimum absolute atomic E-state index is 0.319. The molecule has 1 aromatic carbocycles. The predicted octanol–water partition coefficient (Wildman–Crippen LogP) is 3.23. The predicted molar refractivity (Wildman–Crippen MR) is 80.2 cm³/mol. The molecule has 0 aromatic heterocycles. The maximum absolute atomic E-state index is 6.17. The van der Waals surface area contributed by atoms with Crippen LogP contribution in [0.3, 0.4) is 0 Å². The lowest BCUT2D eigenvalue weighted by Crippen LogP contribution is -2.41. The van der Waals surface area contributed by atoms with Gasteiger partial charge in [-0.05, 0) is 44.3 Å². The standard InChI is InChI=1S/C16H21BO3/c1-15(2)16(3,4)20-17(19-15)14-9-10-18-11-12-7-5-6-8-13(12)14/h5-9H,10-11H2,1-4H3. The molecular formula is C16H21BO3. The average molecular weight is 272 g/mol. The van der Waals surface area contributed by atoms with E-state index in [4.69, 9.17) is 14.0 Å². The van der Waals surface area contributed by atoms with Crippen LogP contribution in [-0.2, 0) is 20.7 Å². The first-order valence-corrected chi connectivity index (χ1v) is 7.12. The zero-order valence-electron chi connectivity index (χ0n) is 12.6. The van der Waals surface area contributed by atoms with Crippen LogP contribution in [0.25, 0.3) is 5.47 Å². The Morgan fingerprint density at radius 2 is 1.65 bits per heavy atom. The van der Waals surface area contributed by atoms with Gasteiger partial charge in [0.05, 0.1) is 24.4 Å². The molecule has 2 heterocycles. The quantitative estimate of drug-likeness (QED) is 0.734. The number of fused-ring (bicyclic) bond motifs is 1. The number of hydrogen-bond donors (Lipinski definition) is 0. The third-order valence-electron chi connectivity index (χ3n) is 4.51. The Hall–Kier alpha value is -1.10. The van der Waals surface area contributed by atoms with Crippen molar-refractivity contribution in [1.29, 1.82) is 0 Å². The van der Waals surface area contributed by atoms with Crippen molar-refractivity contribution in [2.24, 2.45) is 0 Å². The van der Waals surface area contributed by atoms with Gasteiger partial charge in [-0.25, -0.2) is 0 Å². The summed E-state index contributed by atoms with van der Waals surface area (Å²) >= 11 is 0. The van der Waals surface area contributed by atoms with Crippen LogP contribution in [-0.4, -0.2) is 24.9 Å². The zero-order chi connectivity index (χ0) is 14.4. The van der Waals surface area contributed by atoms with E-state index < -0.39 is 0 Å². The lowest BCUT2D eigenvalue weighted by molar-refractivity contribution is 0.00578. The van der Waals surface area contributed by atoms with Crippen LogP contribution in [0.1, 0.15) is 38.8 Å². The summed E-state index contributed by atoms with van der Waals surface area (Å²) < 4.78 is 18.0. The summed E-state index contributed by atoms with van der Waals surface area (Å²) in [7, 11) is -0.331. The fraction of sp³-hybridized carbons (Fsp3) is 0.500. The molecule has 0 N–H and O–H groups in total. The smallest absolute Gasteiger partial charge is 0.399 e. The first-order chi connectivity index (χ1) is 9.41. The molecule has 0 saturated carbocycles. The highest BCUT2D eigenvalue weighted by Gasteiger charge is 2.52. The van der Waals surface area contributed by atoms with Crippen molar-refractivity contribution in [2.75, 3.05) is 6.61 Å². The van der Waals surface area contributed by atoms with E-state index in [2.05, 4.69) is 45.9 Å². The third-order valence-corrected chi connectivity index (χ3v) is 4.51. The van der Waals surface area contributed by atoms with Crippen LogP contribution in [0.5, 0.6) is 0 Å². The molecule has 20 heavy (non-hydrogen) atoms. The highest BCUT2D eigenvalue weighted by atomic mass is 16.7. The second-order valence-corrected chi connectivity index (χ2v) is 6.42. The van der Waals surface area contributed by atoms with E-state index in [9.17, 15) is 0 Å². The Bertz CT molecular complexity index is 532. The molecule has 4 heteroatoms. The molecule has 0 bridgehead atoms. The molecule has 106 valence electrons. The fourth-order valence-electron chi connectivity index (χ4n) is 2.55. The van der Waals surface area contributed by atoms with Crippen molar-refractivity contribution in [2.45, 2.75) is 45.5 Å². The molecule has 0 aliphatic carbocycles. The summed E-state index contributed by atoms with van der Waals surface area (Å²) in [5, 5.41) is 0. The Kier molecular flexibility index (Phi) is 3.28. The zero-order valence-corrected chi connectivity index (χ0v) is 12.6. The summed E-state index contributed by atoms with van der Waals surface area (Å²) in [5.74, 6) is 0. The normalized spacial score (nSPS) is 24.0. The highest BCUT2D eigenvalue weighted by molar-refractivity contribution is 6.69. The van der Waals surface area contributed by atoms with Crippen LogP contribution in [0.2, 0.25) is 0 Å². The molecule has 2 aliphatic heterocycles. The minimum atomic E-state index is -0.331. The van der Waals surface area contributed by atoms with Crippen LogP contribution in [0, 0.1) is 0 Å². The molecule has 0 amide bonds. The van der Waals surface area contributed by atoms with Gasteiger partial charge in [0, 0.05) is 0 Å². The summed E-state index contributed by atoms with van der Waals surface area (Å²) in [6, 6.07) is 8.29. The molecule has 0 spiro atoms. The molecule has 3 nitrogen and oxygen atoms in total. The average Bonchev–Trinajstić information content (AvgIpc) is 2.55. The SMILES string of the molecule is CC1(C)OB(C2=CCOCc3ccccc32)OC1(C)C. The van der Waals surface area contributed by atoms with Crippen LogP contribution >= 0.6 is 0 Å². The van der Waals surface area contributed by atoms with Gasteiger partial charge < -0.3 is 14.0 Å².